The number of hydrogen-bond acceptors (Lipinski definition) is 2. The van der Waals surface area contributed by atoms with Crippen molar-refractivity contribution in [1.29, 1.82) is 0 Å². The second kappa shape index (κ2) is 5.55. The van der Waals surface area contributed by atoms with Crippen LogP contribution in [0.3, 0.4) is 0 Å². The number of likely N-dealkylation sites (tertiary alicyclic amines) is 1. The van der Waals surface area contributed by atoms with Gasteiger partial charge in [-0.25, -0.2) is 4.98 Å². The zero-order valence-electron chi connectivity index (χ0n) is 11.8. The number of aromatic nitrogens is 2. The molecule has 2 unspecified atom stereocenters. The van der Waals surface area contributed by atoms with E-state index in [0.717, 1.165) is 29.9 Å². The molecule has 1 fully saturated rings. The van der Waals surface area contributed by atoms with Crippen molar-refractivity contribution in [3.05, 3.63) is 29.0 Å². The highest BCUT2D eigenvalue weighted by molar-refractivity contribution is 6.35. The molecule has 1 aromatic heterocycles. The number of para-hydroxylation sites is 1. The number of hydrogen-bond donors (Lipinski definition) is 0. The number of halogens is 2. The predicted octanol–water partition coefficient (Wildman–Crippen LogP) is 3.94. The van der Waals surface area contributed by atoms with Gasteiger partial charge in [0.05, 0.1) is 15.9 Å². The molecule has 0 aliphatic carbocycles. The minimum atomic E-state index is -0.113. The lowest BCUT2D eigenvalue weighted by atomic mass is 10.1. The Balaban J connectivity index is 2.03. The summed E-state index contributed by atoms with van der Waals surface area (Å²) in [6.45, 7) is 5.24. The summed E-state index contributed by atoms with van der Waals surface area (Å²) in [7, 11) is 2.17. The van der Waals surface area contributed by atoms with Crippen LogP contribution in [0.5, 0.6) is 0 Å². The second-order valence-electron chi connectivity index (χ2n) is 5.72. The van der Waals surface area contributed by atoms with Crippen LogP contribution in [0.4, 0.5) is 0 Å². The molecule has 1 aromatic carbocycles. The minimum absolute atomic E-state index is 0.113. The standard InChI is InChI=1S/C15H19Cl2N3/c1-10(16)15-18-14-12(17)4-3-5-13(14)20(15)9-11-6-7-19(2)8-11/h3-5,10-11H,6-9H2,1-2H3. The van der Waals surface area contributed by atoms with Crippen LogP contribution in [0, 0.1) is 5.92 Å². The highest BCUT2D eigenvalue weighted by Crippen LogP contribution is 2.30. The van der Waals surface area contributed by atoms with Crippen LogP contribution in [0.1, 0.15) is 24.5 Å². The fourth-order valence-corrected chi connectivity index (χ4v) is 3.44. The zero-order chi connectivity index (χ0) is 14.3. The van der Waals surface area contributed by atoms with E-state index in [-0.39, 0.29) is 5.38 Å². The molecule has 2 atom stereocenters. The van der Waals surface area contributed by atoms with Gasteiger partial charge >= 0.3 is 0 Å². The van der Waals surface area contributed by atoms with Crippen LogP contribution in [0.15, 0.2) is 18.2 Å². The van der Waals surface area contributed by atoms with Crippen LogP contribution >= 0.6 is 23.2 Å². The molecule has 108 valence electrons. The molecule has 2 aromatic rings. The van der Waals surface area contributed by atoms with Gasteiger partial charge in [-0.1, -0.05) is 17.7 Å². The van der Waals surface area contributed by atoms with Crippen molar-refractivity contribution in [2.24, 2.45) is 5.92 Å². The molecular formula is C15H19Cl2N3. The fraction of sp³-hybridized carbons (Fsp3) is 0.533. The Bertz CT molecular complexity index is 621. The molecule has 0 N–H and O–H groups in total. The Kier molecular flexibility index (Phi) is 3.93. The predicted molar refractivity (Wildman–Crippen MR) is 84.6 cm³/mol. The summed E-state index contributed by atoms with van der Waals surface area (Å²) in [4.78, 5) is 7.03. The van der Waals surface area contributed by atoms with Crippen LogP contribution in [-0.4, -0.2) is 34.6 Å². The van der Waals surface area contributed by atoms with Crippen molar-refractivity contribution in [2.75, 3.05) is 20.1 Å². The van der Waals surface area contributed by atoms with Gasteiger partial charge in [0.2, 0.25) is 0 Å². The molecule has 1 aliphatic heterocycles. The molecular weight excluding hydrogens is 293 g/mol. The number of imidazole rings is 1. The number of nitrogens with zero attached hydrogens (tertiary/aromatic N) is 3. The Morgan fingerprint density at radius 3 is 2.90 bits per heavy atom. The van der Waals surface area contributed by atoms with Gasteiger partial charge < -0.3 is 9.47 Å². The van der Waals surface area contributed by atoms with Gasteiger partial charge in [-0.15, -0.1) is 11.6 Å². The number of alkyl halides is 1. The van der Waals surface area contributed by atoms with E-state index in [1.165, 1.54) is 13.0 Å². The highest BCUT2D eigenvalue weighted by atomic mass is 35.5. The monoisotopic (exact) mass is 311 g/mol. The van der Waals surface area contributed by atoms with E-state index in [1.54, 1.807) is 0 Å². The lowest BCUT2D eigenvalue weighted by molar-refractivity contribution is 0.377. The molecule has 0 spiro atoms. The van der Waals surface area contributed by atoms with E-state index in [0.29, 0.717) is 10.9 Å². The second-order valence-corrected chi connectivity index (χ2v) is 6.78. The van der Waals surface area contributed by atoms with Crippen molar-refractivity contribution in [1.82, 2.24) is 14.5 Å². The SMILES string of the molecule is CC(Cl)c1nc2c(Cl)cccc2n1CC1CCN(C)C1. The Hall–Kier alpha value is -0.770. The van der Waals surface area contributed by atoms with E-state index in [9.17, 15) is 0 Å². The van der Waals surface area contributed by atoms with Crippen LogP contribution in [-0.2, 0) is 6.54 Å². The fourth-order valence-electron chi connectivity index (χ4n) is 3.06. The summed E-state index contributed by atoms with van der Waals surface area (Å²) in [5.41, 5.74) is 1.96. The molecule has 3 rings (SSSR count). The first-order chi connectivity index (χ1) is 9.56. The van der Waals surface area contributed by atoms with Crippen molar-refractivity contribution < 1.29 is 0 Å². The summed E-state index contributed by atoms with van der Waals surface area (Å²) in [5.74, 6) is 1.58. The molecule has 20 heavy (non-hydrogen) atoms. The molecule has 3 nitrogen and oxygen atoms in total. The quantitative estimate of drug-likeness (QED) is 0.801. The third kappa shape index (κ3) is 2.54. The van der Waals surface area contributed by atoms with E-state index >= 15 is 0 Å². The normalized spacial score (nSPS) is 21.7. The molecule has 0 radical (unpaired) electrons. The van der Waals surface area contributed by atoms with E-state index in [2.05, 4.69) is 27.6 Å². The van der Waals surface area contributed by atoms with Gasteiger partial charge in [0.15, 0.2) is 0 Å². The Labute approximate surface area is 129 Å². The van der Waals surface area contributed by atoms with Crippen LogP contribution in [0.25, 0.3) is 11.0 Å². The topological polar surface area (TPSA) is 21.1 Å². The van der Waals surface area contributed by atoms with Crippen molar-refractivity contribution in [2.45, 2.75) is 25.3 Å². The Morgan fingerprint density at radius 2 is 2.25 bits per heavy atom. The summed E-state index contributed by atoms with van der Waals surface area (Å²) in [6.07, 6.45) is 1.23. The maximum absolute atomic E-state index is 6.31. The molecule has 1 saturated heterocycles. The van der Waals surface area contributed by atoms with E-state index in [4.69, 9.17) is 23.2 Å². The summed E-state index contributed by atoms with van der Waals surface area (Å²) in [5, 5.41) is 0.584. The van der Waals surface area contributed by atoms with Gasteiger partial charge in [-0.2, -0.15) is 0 Å². The molecule has 0 saturated carbocycles. The van der Waals surface area contributed by atoms with Crippen LogP contribution < -0.4 is 0 Å². The lowest BCUT2D eigenvalue weighted by Gasteiger charge is -2.15. The third-order valence-electron chi connectivity index (χ3n) is 4.04. The summed E-state index contributed by atoms with van der Waals surface area (Å²) < 4.78 is 2.25. The maximum Gasteiger partial charge on any atom is 0.127 e. The first kappa shape index (κ1) is 14.2. The highest BCUT2D eigenvalue weighted by Gasteiger charge is 2.23. The number of fused-ring (bicyclic) bond motifs is 1. The molecule has 1 aliphatic rings. The number of benzene rings is 1. The average molecular weight is 312 g/mol. The van der Waals surface area contributed by atoms with Gasteiger partial charge in [-0.05, 0) is 45.0 Å². The average Bonchev–Trinajstić information content (AvgIpc) is 2.96. The first-order valence-electron chi connectivity index (χ1n) is 7.03. The van der Waals surface area contributed by atoms with Crippen molar-refractivity contribution in [3.63, 3.8) is 0 Å². The van der Waals surface area contributed by atoms with Gasteiger partial charge in [0.1, 0.15) is 11.3 Å². The molecule has 0 amide bonds. The lowest BCUT2D eigenvalue weighted by Crippen LogP contribution is -2.18. The van der Waals surface area contributed by atoms with Crippen LogP contribution in [0.2, 0.25) is 5.02 Å². The minimum Gasteiger partial charge on any atom is -0.326 e. The van der Waals surface area contributed by atoms with Crippen molar-refractivity contribution >= 4 is 34.2 Å². The van der Waals surface area contributed by atoms with Crippen molar-refractivity contribution in [3.8, 4) is 0 Å². The smallest absolute Gasteiger partial charge is 0.127 e. The summed E-state index contributed by atoms with van der Waals surface area (Å²) in [6, 6.07) is 5.94. The van der Waals surface area contributed by atoms with Gasteiger partial charge in [0, 0.05) is 13.1 Å². The van der Waals surface area contributed by atoms with E-state index in [1.807, 2.05) is 19.1 Å². The maximum atomic E-state index is 6.31. The number of rotatable bonds is 3. The third-order valence-corrected chi connectivity index (χ3v) is 4.54. The Morgan fingerprint density at radius 1 is 1.45 bits per heavy atom. The van der Waals surface area contributed by atoms with E-state index < -0.39 is 0 Å². The molecule has 0 bridgehead atoms. The van der Waals surface area contributed by atoms with Gasteiger partial charge in [0.25, 0.3) is 0 Å². The van der Waals surface area contributed by atoms with Gasteiger partial charge in [-0.3, -0.25) is 0 Å². The molecule has 2 heterocycles. The zero-order valence-corrected chi connectivity index (χ0v) is 13.3. The largest absolute Gasteiger partial charge is 0.326 e. The molecule has 5 heteroatoms. The summed E-state index contributed by atoms with van der Waals surface area (Å²) >= 11 is 12.6. The first-order valence-corrected chi connectivity index (χ1v) is 7.85.